The van der Waals surface area contributed by atoms with Crippen LogP contribution in [0.4, 0.5) is 5.69 Å². The smallest absolute Gasteiger partial charge is 0.230 e. The molecule has 3 fully saturated rings. The fraction of sp³-hybridized carbons (Fsp3) is 0.529. The van der Waals surface area contributed by atoms with Gasteiger partial charge in [0.2, 0.25) is 5.91 Å². The van der Waals surface area contributed by atoms with Crippen LogP contribution in [0.2, 0.25) is 0 Å². The molecule has 1 aromatic heterocycles. The standard InChI is InChI=1S/C34H43N3O2S/c1-22-18-27(14-17-31(22)39-2)24-8-6-23(7-9-24)21-37(34(38)26-12-15-29(35)16-13-26)30-5-3-4-28(19-30)32-20-36-33(40-32)25-10-11-25/h3-5,14,17-20,23-26,29H,6-13,15-16,21,35H2,1-2H3/t23-,24-,26-,29-. The fourth-order valence-corrected chi connectivity index (χ4v) is 7.85. The lowest BCUT2D eigenvalue weighted by atomic mass is 9.78. The van der Waals surface area contributed by atoms with Crippen LogP contribution in [0.15, 0.2) is 48.7 Å². The van der Waals surface area contributed by atoms with Crippen molar-refractivity contribution in [3.63, 3.8) is 0 Å². The number of amides is 1. The van der Waals surface area contributed by atoms with Crippen LogP contribution in [0.1, 0.15) is 92.2 Å². The van der Waals surface area contributed by atoms with E-state index in [9.17, 15) is 4.79 Å². The normalized spacial score (nSPS) is 25.0. The Morgan fingerprint density at radius 3 is 2.42 bits per heavy atom. The van der Waals surface area contributed by atoms with E-state index in [4.69, 9.17) is 15.5 Å². The highest BCUT2D eigenvalue weighted by atomic mass is 32.1. The van der Waals surface area contributed by atoms with Gasteiger partial charge in [0.15, 0.2) is 0 Å². The summed E-state index contributed by atoms with van der Waals surface area (Å²) < 4.78 is 5.47. The van der Waals surface area contributed by atoms with Crippen molar-refractivity contribution in [3.05, 3.63) is 64.8 Å². The number of hydrogen-bond donors (Lipinski definition) is 1. The Labute approximate surface area is 243 Å². The van der Waals surface area contributed by atoms with Crippen molar-refractivity contribution in [1.82, 2.24) is 4.98 Å². The number of aryl methyl sites for hydroxylation is 1. The average Bonchev–Trinajstić information content (AvgIpc) is 3.72. The molecule has 2 aromatic carbocycles. The van der Waals surface area contributed by atoms with Crippen LogP contribution in [-0.4, -0.2) is 30.6 Å². The maximum Gasteiger partial charge on any atom is 0.230 e. The van der Waals surface area contributed by atoms with Crippen LogP contribution in [0, 0.1) is 18.8 Å². The molecule has 5 nitrogen and oxygen atoms in total. The highest BCUT2D eigenvalue weighted by Crippen LogP contribution is 2.44. The molecule has 1 heterocycles. The second-order valence-corrected chi connectivity index (χ2v) is 13.5. The van der Waals surface area contributed by atoms with E-state index in [1.165, 1.54) is 52.3 Å². The summed E-state index contributed by atoms with van der Waals surface area (Å²) in [5.74, 6) is 3.08. The second kappa shape index (κ2) is 12.0. The van der Waals surface area contributed by atoms with Crippen molar-refractivity contribution in [1.29, 1.82) is 0 Å². The van der Waals surface area contributed by atoms with E-state index >= 15 is 0 Å². The highest BCUT2D eigenvalue weighted by Gasteiger charge is 2.32. The first-order chi connectivity index (χ1) is 19.5. The van der Waals surface area contributed by atoms with Crippen LogP contribution >= 0.6 is 11.3 Å². The van der Waals surface area contributed by atoms with Crippen LogP contribution in [-0.2, 0) is 4.79 Å². The lowest BCUT2D eigenvalue weighted by molar-refractivity contribution is -0.123. The molecule has 3 saturated carbocycles. The summed E-state index contributed by atoms with van der Waals surface area (Å²) >= 11 is 1.81. The first kappa shape index (κ1) is 27.5. The predicted molar refractivity (Wildman–Crippen MR) is 164 cm³/mol. The Morgan fingerprint density at radius 1 is 0.975 bits per heavy atom. The summed E-state index contributed by atoms with van der Waals surface area (Å²) in [6.45, 7) is 2.93. The van der Waals surface area contributed by atoms with E-state index in [1.807, 2.05) is 17.5 Å². The van der Waals surface area contributed by atoms with E-state index in [0.29, 0.717) is 23.7 Å². The predicted octanol–water partition coefficient (Wildman–Crippen LogP) is 7.83. The van der Waals surface area contributed by atoms with Gasteiger partial charge >= 0.3 is 0 Å². The number of methoxy groups -OCH3 is 1. The molecular weight excluding hydrogens is 514 g/mol. The number of nitrogens with two attached hydrogens (primary N) is 1. The van der Waals surface area contributed by atoms with Crippen LogP contribution < -0.4 is 15.4 Å². The van der Waals surface area contributed by atoms with Crippen molar-refractivity contribution >= 4 is 22.9 Å². The number of rotatable bonds is 8. The lowest BCUT2D eigenvalue weighted by Gasteiger charge is -2.36. The number of hydrogen-bond acceptors (Lipinski definition) is 5. The Morgan fingerprint density at radius 2 is 1.73 bits per heavy atom. The van der Waals surface area contributed by atoms with Gasteiger partial charge in [-0.1, -0.05) is 24.3 Å². The summed E-state index contributed by atoms with van der Waals surface area (Å²) in [6, 6.07) is 15.5. The van der Waals surface area contributed by atoms with Crippen molar-refractivity contribution in [3.8, 4) is 16.2 Å². The first-order valence-corrected chi connectivity index (χ1v) is 16.1. The molecular formula is C34H43N3O2S. The van der Waals surface area contributed by atoms with Crippen LogP contribution in [0.5, 0.6) is 5.75 Å². The summed E-state index contributed by atoms with van der Waals surface area (Å²) in [5, 5.41) is 1.26. The molecule has 0 bridgehead atoms. The third-order valence-electron chi connectivity index (χ3n) is 9.46. The molecule has 0 unspecified atom stereocenters. The quantitative estimate of drug-likeness (QED) is 0.306. The third kappa shape index (κ3) is 6.13. The number of anilines is 1. The molecule has 0 saturated heterocycles. The number of nitrogens with zero attached hydrogens (tertiary/aromatic N) is 2. The molecule has 3 aliphatic carbocycles. The van der Waals surface area contributed by atoms with Gasteiger partial charge in [-0.3, -0.25) is 4.79 Å². The maximum atomic E-state index is 14.1. The molecule has 0 radical (unpaired) electrons. The molecule has 0 spiro atoms. The van der Waals surface area contributed by atoms with Gasteiger partial charge in [0.25, 0.3) is 0 Å². The molecule has 1 amide bonds. The van der Waals surface area contributed by atoms with E-state index in [-0.39, 0.29) is 12.0 Å². The van der Waals surface area contributed by atoms with E-state index in [2.05, 4.69) is 54.3 Å². The van der Waals surface area contributed by atoms with Gasteiger partial charge in [-0.2, -0.15) is 0 Å². The number of benzene rings is 2. The third-order valence-corrected chi connectivity index (χ3v) is 10.7. The molecule has 3 aliphatic rings. The fourth-order valence-electron chi connectivity index (χ4n) is 6.77. The van der Waals surface area contributed by atoms with Crippen molar-refractivity contribution in [2.75, 3.05) is 18.6 Å². The molecule has 6 rings (SSSR count). The lowest BCUT2D eigenvalue weighted by Crippen LogP contribution is -2.42. The zero-order valence-electron chi connectivity index (χ0n) is 24.0. The number of thiazole rings is 1. The Balaban J connectivity index is 1.19. The van der Waals surface area contributed by atoms with Crippen LogP contribution in [0.3, 0.4) is 0 Å². The van der Waals surface area contributed by atoms with Crippen molar-refractivity contribution in [2.24, 2.45) is 17.6 Å². The molecule has 6 heteroatoms. The maximum absolute atomic E-state index is 14.1. The zero-order chi connectivity index (χ0) is 27.6. The average molecular weight is 558 g/mol. The first-order valence-electron chi connectivity index (χ1n) is 15.3. The monoisotopic (exact) mass is 557 g/mol. The number of ether oxygens (including phenoxy) is 1. The van der Waals surface area contributed by atoms with Gasteiger partial charge in [0.05, 0.1) is 17.0 Å². The number of aromatic nitrogens is 1. The van der Waals surface area contributed by atoms with E-state index in [1.54, 1.807) is 7.11 Å². The van der Waals surface area contributed by atoms with Gasteiger partial charge < -0.3 is 15.4 Å². The summed E-state index contributed by atoms with van der Waals surface area (Å²) in [6.07, 6.45) is 12.9. The topological polar surface area (TPSA) is 68.5 Å². The largest absolute Gasteiger partial charge is 0.496 e. The SMILES string of the molecule is COc1ccc([C@H]2CC[C@H](CN(c3cccc(-c4cnc(C5CC5)s4)c3)C(=O)[C@H]3CC[C@H](N)CC3)CC2)cc1C. The molecule has 3 aromatic rings. The minimum atomic E-state index is 0.0759. The van der Waals surface area contributed by atoms with Gasteiger partial charge in [-0.15, -0.1) is 11.3 Å². The van der Waals surface area contributed by atoms with Gasteiger partial charge in [0.1, 0.15) is 5.75 Å². The molecule has 212 valence electrons. The molecule has 40 heavy (non-hydrogen) atoms. The van der Waals surface area contributed by atoms with Crippen LogP contribution in [0.25, 0.3) is 10.4 Å². The minimum absolute atomic E-state index is 0.0759. The Kier molecular flexibility index (Phi) is 8.27. The minimum Gasteiger partial charge on any atom is -0.496 e. The van der Waals surface area contributed by atoms with Gasteiger partial charge in [0, 0.05) is 36.3 Å². The molecule has 0 atom stereocenters. The Hall–Kier alpha value is -2.70. The van der Waals surface area contributed by atoms with E-state index in [0.717, 1.165) is 56.5 Å². The number of carbonyl (C=O) groups is 1. The Bertz CT molecular complexity index is 1320. The summed E-state index contributed by atoms with van der Waals surface area (Å²) in [5.41, 5.74) is 11.0. The van der Waals surface area contributed by atoms with E-state index < -0.39 is 0 Å². The number of carbonyl (C=O) groups excluding carboxylic acids is 1. The summed E-state index contributed by atoms with van der Waals surface area (Å²) in [4.78, 5) is 22.1. The molecule has 2 N–H and O–H groups in total. The zero-order valence-corrected chi connectivity index (χ0v) is 24.8. The van der Waals surface area contributed by atoms with Crippen molar-refractivity contribution < 1.29 is 9.53 Å². The highest BCUT2D eigenvalue weighted by molar-refractivity contribution is 7.15. The molecule has 0 aliphatic heterocycles. The summed E-state index contributed by atoms with van der Waals surface area (Å²) in [7, 11) is 1.74. The van der Waals surface area contributed by atoms with Gasteiger partial charge in [-0.05, 0) is 118 Å². The van der Waals surface area contributed by atoms with Crippen molar-refractivity contribution in [2.45, 2.75) is 89.0 Å². The second-order valence-electron chi connectivity index (χ2n) is 12.4. The van der Waals surface area contributed by atoms with Gasteiger partial charge in [-0.25, -0.2) is 4.98 Å².